The van der Waals surface area contributed by atoms with Crippen LogP contribution in [0.1, 0.15) is 6.42 Å². The van der Waals surface area contributed by atoms with Gasteiger partial charge in [0.1, 0.15) is 17.3 Å². The minimum absolute atomic E-state index is 0.00193. The smallest absolute Gasteiger partial charge is 0.228 e. The Balaban J connectivity index is 1.39. The van der Waals surface area contributed by atoms with E-state index in [-0.39, 0.29) is 30.0 Å². The summed E-state index contributed by atoms with van der Waals surface area (Å²) in [6.45, 7) is 2.83. The third-order valence-electron chi connectivity index (χ3n) is 5.94. The van der Waals surface area contributed by atoms with E-state index in [1.54, 1.807) is 49.5 Å². The number of methoxy groups -OCH3 is 2. The number of hydrogen-bond donors (Lipinski definition) is 0. The Labute approximate surface area is 180 Å². The molecule has 0 spiro atoms. The maximum absolute atomic E-state index is 13.1. The zero-order valence-corrected chi connectivity index (χ0v) is 17.7. The number of carbonyl (C=O) groups excluding carboxylic acids is 2. The average Bonchev–Trinajstić information content (AvgIpc) is 3.20. The van der Waals surface area contributed by atoms with Crippen molar-refractivity contribution in [2.24, 2.45) is 5.92 Å². The van der Waals surface area contributed by atoms with Gasteiger partial charge in [0.05, 0.1) is 25.8 Å². The van der Waals surface area contributed by atoms with E-state index < -0.39 is 0 Å². The van der Waals surface area contributed by atoms with Gasteiger partial charge in [0.25, 0.3) is 0 Å². The van der Waals surface area contributed by atoms with Gasteiger partial charge in [0, 0.05) is 50.9 Å². The van der Waals surface area contributed by atoms with Gasteiger partial charge in [-0.2, -0.15) is 0 Å². The van der Waals surface area contributed by atoms with Gasteiger partial charge in [-0.15, -0.1) is 0 Å². The molecule has 1 atom stereocenters. The summed E-state index contributed by atoms with van der Waals surface area (Å²) in [4.78, 5) is 31.4. The van der Waals surface area contributed by atoms with Gasteiger partial charge >= 0.3 is 0 Å². The number of piperazine rings is 1. The van der Waals surface area contributed by atoms with E-state index in [1.165, 1.54) is 12.1 Å². The molecule has 2 heterocycles. The third-order valence-corrected chi connectivity index (χ3v) is 5.94. The molecule has 31 heavy (non-hydrogen) atoms. The average molecular weight is 427 g/mol. The number of halogens is 1. The molecule has 0 bridgehead atoms. The van der Waals surface area contributed by atoms with E-state index in [9.17, 15) is 14.0 Å². The van der Waals surface area contributed by atoms with Gasteiger partial charge in [-0.1, -0.05) is 0 Å². The number of rotatable bonds is 5. The first kappa shape index (κ1) is 21.0. The van der Waals surface area contributed by atoms with Crippen LogP contribution < -0.4 is 19.3 Å². The maximum Gasteiger partial charge on any atom is 0.228 e. The summed E-state index contributed by atoms with van der Waals surface area (Å²) in [6.07, 6.45) is 0.187. The van der Waals surface area contributed by atoms with Crippen molar-refractivity contribution in [2.75, 3.05) is 56.7 Å². The van der Waals surface area contributed by atoms with E-state index in [4.69, 9.17) is 9.47 Å². The van der Waals surface area contributed by atoms with Crippen LogP contribution in [0.2, 0.25) is 0 Å². The van der Waals surface area contributed by atoms with Crippen molar-refractivity contribution in [1.29, 1.82) is 0 Å². The molecule has 0 radical (unpaired) electrons. The van der Waals surface area contributed by atoms with Crippen LogP contribution in [0.15, 0.2) is 42.5 Å². The molecule has 2 aliphatic heterocycles. The van der Waals surface area contributed by atoms with E-state index in [0.717, 1.165) is 5.69 Å². The predicted octanol–water partition coefficient (Wildman–Crippen LogP) is 2.54. The van der Waals surface area contributed by atoms with Crippen molar-refractivity contribution in [3.05, 3.63) is 48.3 Å². The summed E-state index contributed by atoms with van der Waals surface area (Å²) < 4.78 is 23.8. The molecule has 0 N–H and O–H groups in total. The molecule has 0 aliphatic carbocycles. The maximum atomic E-state index is 13.1. The van der Waals surface area contributed by atoms with Crippen molar-refractivity contribution >= 4 is 23.2 Å². The Kier molecular flexibility index (Phi) is 5.97. The molecule has 2 aromatic rings. The zero-order chi connectivity index (χ0) is 22.0. The van der Waals surface area contributed by atoms with Crippen molar-refractivity contribution in [3.63, 3.8) is 0 Å². The summed E-state index contributed by atoms with van der Waals surface area (Å²) in [5, 5.41) is 0. The third kappa shape index (κ3) is 4.28. The van der Waals surface area contributed by atoms with Gasteiger partial charge < -0.3 is 24.2 Å². The topological polar surface area (TPSA) is 62.3 Å². The van der Waals surface area contributed by atoms with E-state index >= 15 is 0 Å². The molecular weight excluding hydrogens is 401 g/mol. The molecule has 2 fully saturated rings. The first-order chi connectivity index (χ1) is 15.0. The zero-order valence-electron chi connectivity index (χ0n) is 17.7. The second kappa shape index (κ2) is 8.83. The molecule has 2 saturated heterocycles. The fourth-order valence-corrected chi connectivity index (χ4v) is 4.21. The highest BCUT2D eigenvalue weighted by Gasteiger charge is 2.38. The number of benzene rings is 2. The lowest BCUT2D eigenvalue weighted by Crippen LogP contribution is -2.50. The predicted molar refractivity (Wildman–Crippen MR) is 115 cm³/mol. The van der Waals surface area contributed by atoms with Crippen LogP contribution in [0.3, 0.4) is 0 Å². The van der Waals surface area contributed by atoms with E-state index in [0.29, 0.717) is 49.9 Å². The molecule has 0 unspecified atom stereocenters. The van der Waals surface area contributed by atoms with Crippen molar-refractivity contribution in [2.45, 2.75) is 6.42 Å². The standard InChI is InChI=1S/C23H26FN3O4/c1-30-19-7-8-20(21(14-19)31-2)27-15-16(13-22(27)28)23(29)26-11-9-25(10-12-26)18-5-3-17(24)4-6-18/h3-8,14,16H,9-13,15H2,1-2H3/t16-/m0/s1. The Hall–Kier alpha value is -3.29. The lowest BCUT2D eigenvalue weighted by atomic mass is 10.1. The number of nitrogens with zero attached hydrogens (tertiary/aromatic N) is 3. The lowest BCUT2D eigenvalue weighted by molar-refractivity contribution is -0.136. The highest BCUT2D eigenvalue weighted by atomic mass is 19.1. The fraction of sp³-hybridized carbons (Fsp3) is 0.391. The number of anilines is 2. The van der Waals surface area contributed by atoms with Crippen LogP contribution in [0.25, 0.3) is 0 Å². The number of amides is 2. The first-order valence-corrected chi connectivity index (χ1v) is 10.3. The molecule has 0 saturated carbocycles. The number of hydrogen-bond acceptors (Lipinski definition) is 5. The highest BCUT2D eigenvalue weighted by molar-refractivity contribution is 6.01. The lowest BCUT2D eigenvalue weighted by Gasteiger charge is -2.37. The normalized spacial score (nSPS) is 19.0. The SMILES string of the molecule is COc1ccc(N2C[C@@H](C(=O)N3CCN(c4ccc(F)cc4)CC3)CC2=O)c(OC)c1. The summed E-state index contributed by atoms with van der Waals surface area (Å²) in [6, 6.07) is 11.7. The molecule has 2 amide bonds. The van der Waals surface area contributed by atoms with Gasteiger partial charge in [0.15, 0.2) is 0 Å². The molecule has 2 aromatic carbocycles. The molecule has 0 aromatic heterocycles. The van der Waals surface area contributed by atoms with Crippen molar-refractivity contribution < 1.29 is 23.5 Å². The minimum atomic E-state index is -0.378. The fourth-order valence-electron chi connectivity index (χ4n) is 4.21. The quantitative estimate of drug-likeness (QED) is 0.734. The summed E-state index contributed by atoms with van der Waals surface area (Å²) in [7, 11) is 3.11. The molecular formula is C23H26FN3O4. The van der Waals surface area contributed by atoms with Crippen LogP contribution in [0, 0.1) is 11.7 Å². The Bertz CT molecular complexity index is 958. The van der Waals surface area contributed by atoms with Crippen LogP contribution in [0.4, 0.5) is 15.8 Å². The van der Waals surface area contributed by atoms with Crippen LogP contribution in [-0.2, 0) is 9.59 Å². The van der Waals surface area contributed by atoms with E-state index in [1.807, 2.05) is 4.90 Å². The Morgan fingerprint density at radius 3 is 2.35 bits per heavy atom. The van der Waals surface area contributed by atoms with Crippen molar-refractivity contribution in [1.82, 2.24) is 4.90 Å². The molecule has 4 rings (SSSR count). The van der Waals surface area contributed by atoms with Gasteiger partial charge in [-0.25, -0.2) is 4.39 Å². The largest absolute Gasteiger partial charge is 0.497 e. The first-order valence-electron chi connectivity index (χ1n) is 10.3. The summed E-state index contributed by atoms with van der Waals surface area (Å²) >= 11 is 0. The second-order valence-electron chi connectivity index (χ2n) is 7.73. The van der Waals surface area contributed by atoms with Gasteiger partial charge in [-0.05, 0) is 36.4 Å². The Morgan fingerprint density at radius 1 is 1.00 bits per heavy atom. The monoisotopic (exact) mass is 427 g/mol. The van der Waals surface area contributed by atoms with E-state index in [2.05, 4.69) is 4.90 Å². The van der Waals surface area contributed by atoms with Crippen LogP contribution in [0.5, 0.6) is 11.5 Å². The summed E-state index contributed by atoms with van der Waals surface area (Å²) in [5.74, 6) is 0.444. The van der Waals surface area contributed by atoms with Gasteiger partial charge in [-0.3, -0.25) is 9.59 Å². The Morgan fingerprint density at radius 2 is 1.71 bits per heavy atom. The summed E-state index contributed by atoms with van der Waals surface area (Å²) in [5.41, 5.74) is 1.59. The minimum Gasteiger partial charge on any atom is -0.497 e. The number of ether oxygens (including phenoxy) is 2. The van der Waals surface area contributed by atoms with Crippen molar-refractivity contribution in [3.8, 4) is 11.5 Å². The van der Waals surface area contributed by atoms with Crippen LogP contribution in [-0.4, -0.2) is 63.7 Å². The second-order valence-corrected chi connectivity index (χ2v) is 7.73. The molecule has 2 aliphatic rings. The van der Waals surface area contributed by atoms with Crippen LogP contribution >= 0.6 is 0 Å². The van der Waals surface area contributed by atoms with Gasteiger partial charge in [0.2, 0.25) is 11.8 Å². The molecule has 164 valence electrons. The molecule has 8 heteroatoms. The number of carbonyl (C=O) groups is 2. The molecule has 7 nitrogen and oxygen atoms in total. The highest BCUT2D eigenvalue weighted by Crippen LogP contribution is 2.36.